The normalized spacial score (nSPS) is 24.9. The first-order chi connectivity index (χ1) is 13.4. The predicted molar refractivity (Wildman–Crippen MR) is 95.1 cm³/mol. The summed E-state index contributed by atoms with van der Waals surface area (Å²) in [4.78, 5) is 19.0. The van der Waals surface area contributed by atoms with Gasteiger partial charge in [0, 0.05) is 37.6 Å². The van der Waals surface area contributed by atoms with Crippen LogP contribution in [0.3, 0.4) is 0 Å². The Balaban J connectivity index is 1.49. The van der Waals surface area contributed by atoms with Crippen LogP contribution in [0.4, 0.5) is 8.78 Å². The highest BCUT2D eigenvalue weighted by atomic mass is 19.1. The number of ether oxygens (including phenoxy) is 1. The van der Waals surface area contributed by atoms with Crippen LogP contribution in [0.25, 0.3) is 11.5 Å². The van der Waals surface area contributed by atoms with Gasteiger partial charge in [0.15, 0.2) is 0 Å². The lowest BCUT2D eigenvalue weighted by atomic mass is 9.84. The van der Waals surface area contributed by atoms with Crippen molar-refractivity contribution >= 4 is 5.91 Å². The van der Waals surface area contributed by atoms with E-state index in [0.29, 0.717) is 50.2 Å². The third-order valence-corrected chi connectivity index (χ3v) is 5.56. The number of nitrogens with zero attached hydrogens (tertiary/aromatic N) is 2. The van der Waals surface area contributed by atoms with Gasteiger partial charge in [-0.25, -0.2) is 13.8 Å². The van der Waals surface area contributed by atoms with E-state index in [2.05, 4.69) is 4.98 Å². The number of rotatable bonds is 3. The third kappa shape index (κ3) is 3.66. The number of hydrogen-bond acceptors (Lipinski definition) is 5. The zero-order valence-electron chi connectivity index (χ0n) is 15.5. The topological polar surface area (TPSA) is 75.8 Å². The number of carbonyl (C=O) groups is 1. The van der Waals surface area contributed by atoms with Gasteiger partial charge < -0.3 is 19.2 Å². The van der Waals surface area contributed by atoms with Crippen LogP contribution in [-0.2, 0) is 22.5 Å². The molecule has 28 heavy (non-hydrogen) atoms. The highest BCUT2D eigenvalue weighted by Gasteiger charge is 2.36. The number of oxazole rings is 1. The van der Waals surface area contributed by atoms with Crippen LogP contribution in [0.2, 0.25) is 0 Å². The second kappa shape index (κ2) is 7.60. The summed E-state index contributed by atoms with van der Waals surface area (Å²) in [5.41, 5.74) is 0.840. The molecular weight excluding hydrogens is 370 g/mol. The fourth-order valence-corrected chi connectivity index (χ4v) is 4.04. The van der Waals surface area contributed by atoms with E-state index in [9.17, 15) is 18.7 Å². The van der Waals surface area contributed by atoms with Gasteiger partial charge in [-0.3, -0.25) is 4.79 Å². The lowest BCUT2D eigenvalue weighted by molar-refractivity contribution is -0.142. The van der Waals surface area contributed by atoms with E-state index < -0.39 is 17.7 Å². The summed E-state index contributed by atoms with van der Waals surface area (Å²) in [6.45, 7) is 0.793. The SMILES string of the molecule is CO[C@H]1C[C@@H](C(=O)N2CCc3oc(-c4cc(F)cc(F)c4)nc3C2)CC[C@H]1O. The van der Waals surface area contributed by atoms with E-state index in [-0.39, 0.29) is 29.4 Å². The lowest BCUT2D eigenvalue weighted by Gasteiger charge is -2.35. The quantitative estimate of drug-likeness (QED) is 0.869. The number of halogens is 2. The zero-order chi connectivity index (χ0) is 19.8. The van der Waals surface area contributed by atoms with Crippen LogP contribution >= 0.6 is 0 Å². The summed E-state index contributed by atoms with van der Waals surface area (Å²) >= 11 is 0. The van der Waals surface area contributed by atoms with E-state index >= 15 is 0 Å². The monoisotopic (exact) mass is 392 g/mol. The van der Waals surface area contributed by atoms with E-state index in [1.807, 2.05) is 0 Å². The number of aliphatic hydroxyl groups excluding tert-OH is 1. The maximum absolute atomic E-state index is 13.5. The van der Waals surface area contributed by atoms with Gasteiger partial charge in [-0.1, -0.05) is 0 Å². The highest BCUT2D eigenvalue weighted by molar-refractivity contribution is 5.79. The summed E-state index contributed by atoms with van der Waals surface area (Å²) in [5, 5.41) is 9.93. The van der Waals surface area contributed by atoms with Gasteiger partial charge in [-0.15, -0.1) is 0 Å². The van der Waals surface area contributed by atoms with Gasteiger partial charge in [0.05, 0.1) is 18.8 Å². The number of fused-ring (bicyclic) bond motifs is 1. The minimum Gasteiger partial charge on any atom is -0.441 e. The molecular formula is C20H22F2N2O4. The van der Waals surface area contributed by atoms with Crippen LogP contribution in [0.5, 0.6) is 0 Å². The van der Waals surface area contributed by atoms with Gasteiger partial charge in [0.2, 0.25) is 11.8 Å². The molecule has 1 aliphatic heterocycles. The molecule has 1 aromatic carbocycles. The number of methoxy groups -OCH3 is 1. The van der Waals surface area contributed by atoms with Crippen LogP contribution in [0.1, 0.15) is 30.7 Å². The van der Waals surface area contributed by atoms with Crippen molar-refractivity contribution in [3.8, 4) is 11.5 Å². The molecule has 2 aliphatic rings. The van der Waals surface area contributed by atoms with Gasteiger partial charge in [0.1, 0.15) is 23.1 Å². The molecule has 1 N–H and O–H groups in total. The number of aromatic nitrogens is 1. The smallest absolute Gasteiger partial charge is 0.226 e. The zero-order valence-corrected chi connectivity index (χ0v) is 15.5. The van der Waals surface area contributed by atoms with E-state index in [1.165, 1.54) is 12.1 Å². The Morgan fingerprint density at radius 3 is 2.75 bits per heavy atom. The second-order valence-corrected chi connectivity index (χ2v) is 7.41. The molecule has 1 aliphatic carbocycles. The van der Waals surface area contributed by atoms with E-state index in [1.54, 1.807) is 12.0 Å². The molecule has 1 saturated carbocycles. The Morgan fingerprint density at radius 2 is 2.04 bits per heavy atom. The molecule has 2 aromatic rings. The minimum absolute atomic E-state index is 0.0148. The lowest BCUT2D eigenvalue weighted by Crippen LogP contribution is -2.44. The van der Waals surface area contributed by atoms with Crippen LogP contribution in [0, 0.1) is 17.6 Å². The predicted octanol–water partition coefficient (Wildman–Crippen LogP) is 2.68. The van der Waals surface area contributed by atoms with Crippen molar-refractivity contribution in [1.29, 1.82) is 0 Å². The number of carbonyl (C=O) groups excluding carboxylic acids is 1. The molecule has 150 valence electrons. The summed E-state index contributed by atoms with van der Waals surface area (Å²) < 4.78 is 37.9. The van der Waals surface area contributed by atoms with Crippen LogP contribution in [0.15, 0.2) is 22.6 Å². The molecule has 0 saturated heterocycles. The Bertz CT molecular complexity index is 865. The third-order valence-electron chi connectivity index (χ3n) is 5.56. The van der Waals surface area contributed by atoms with E-state index in [4.69, 9.17) is 9.15 Å². The van der Waals surface area contributed by atoms with Gasteiger partial charge >= 0.3 is 0 Å². The number of amides is 1. The maximum atomic E-state index is 13.5. The Morgan fingerprint density at radius 1 is 1.29 bits per heavy atom. The van der Waals surface area contributed by atoms with Crippen molar-refractivity contribution in [3.05, 3.63) is 41.3 Å². The molecule has 1 fully saturated rings. The van der Waals surface area contributed by atoms with Crippen molar-refractivity contribution in [3.63, 3.8) is 0 Å². The molecule has 0 bridgehead atoms. The average molecular weight is 392 g/mol. The average Bonchev–Trinajstić information content (AvgIpc) is 3.10. The van der Waals surface area contributed by atoms with Crippen LogP contribution in [-0.4, -0.2) is 46.8 Å². The van der Waals surface area contributed by atoms with Crippen molar-refractivity contribution in [2.75, 3.05) is 13.7 Å². The maximum Gasteiger partial charge on any atom is 0.226 e. The summed E-state index contributed by atoms with van der Waals surface area (Å²) in [7, 11) is 1.54. The molecule has 6 nitrogen and oxygen atoms in total. The fourth-order valence-electron chi connectivity index (χ4n) is 4.04. The van der Waals surface area contributed by atoms with Crippen molar-refractivity contribution in [2.45, 2.75) is 44.4 Å². The molecule has 0 spiro atoms. The molecule has 4 rings (SSSR count). The second-order valence-electron chi connectivity index (χ2n) is 7.41. The summed E-state index contributed by atoms with van der Waals surface area (Å²) in [5.74, 6) is -0.791. The van der Waals surface area contributed by atoms with Crippen molar-refractivity contribution in [2.24, 2.45) is 5.92 Å². The molecule has 1 amide bonds. The largest absolute Gasteiger partial charge is 0.441 e. The standard InChI is InChI=1S/C20H22F2N2O4/c1-27-18-8-11(2-3-16(18)25)20(26)24-5-4-17-15(10-24)23-19(28-17)12-6-13(21)9-14(22)7-12/h6-7,9,11,16,18,25H,2-5,8,10H2,1H3/t11-,16+,18-/m0/s1. The molecule has 3 atom stereocenters. The number of aliphatic hydroxyl groups is 1. The summed E-state index contributed by atoms with van der Waals surface area (Å²) in [6.07, 6.45) is 1.28. The van der Waals surface area contributed by atoms with Crippen molar-refractivity contribution < 1.29 is 27.8 Å². The minimum atomic E-state index is -0.699. The number of benzene rings is 1. The van der Waals surface area contributed by atoms with Gasteiger partial charge in [-0.05, 0) is 31.4 Å². The van der Waals surface area contributed by atoms with E-state index in [0.717, 1.165) is 6.07 Å². The molecule has 8 heteroatoms. The van der Waals surface area contributed by atoms with Crippen molar-refractivity contribution in [1.82, 2.24) is 9.88 Å². The highest BCUT2D eigenvalue weighted by Crippen LogP contribution is 2.31. The molecule has 2 heterocycles. The first-order valence-corrected chi connectivity index (χ1v) is 9.39. The van der Waals surface area contributed by atoms with Gasteiger partial charge in [0.25, 0.3) is 0 Å². The Labute approximate surface area is 161 Å². The molecule has 0 unspecified atom stereocenters. The van der Waals surface area contributed by atoms with Crippen LogP contribution < -0.4 is 0 Å². The fraction of sp³-hybridized carbons (Fsp3) is 0.500. The number of hydrogen-bond donors (Lipinski definition) is 1. The molecule has 0 radical (unpaired) electrons. The Hall–Kier alpha value is -2.32. The molecule has 1 aromatic heterocycles. The van der Waals surface area contributed by atoms with Gasteiger partial charge in [-0.2, -0.15) is 0 Å². The Kier molecular flexibility index (Phi) is 5.16. The first-order valence-electron chi connectivity index (χ1n) is 9.39. The first kappa shape index (κ1) is 19.0. The summed E-state index contributed by atoms with van der Waals surface area (Å²) in [6, 6.07) is 3.13.